The molecule has 0 saturated heterocycles. The van der Waals surface area contributed by atoms with E-state index in [-0.39, 0.29) is 0 Å². The zero-order valence-corrected chi connectivity index (χ0v) is 17.9. The fourth-order valence-corrected chi connectivity index (χ4v) is 3.38. The fourth-order valence-electron chi connectivity index (χ4n) is 2.56. The Labute approximate surface area is 176 Å². The van der Waals surface area contributed by atoms with Gasteiger partial charge in [0, 0.05) is 5.75 Å². The molecule has 0 fully saturated rings. The molecule has 29 heavy (non-hydrogen) atoms. The molecule has 152 valence electrons. The molecular formula is C22H26N4O2S. The molecule has 3 aromatic rings. The van der Waals surface area contributed by atoms with E-state index in [1.54, 1.807) is 36.1 Å². The van der Waals surface area contributed by atoms with Crippen molar-refractivity contribution in [3.8, 4) is 11.5 Å². The van der Waals surface area contributed by atoms with Gasteiger partial charge >= 0.3 is 0 Å². The molecular weight excluding hydrogens is 384 g/mol. The molecule has 1 heterocycles. The molecule has 0 atom stereocenters. The molecule has 0 amide bonds. The van der Waals surface area contributed by atoms with Crippen LogP contribution in [0.5, 0.6) is 11.5 Å². The Morgan fingerprint density at radius 3 is 2.72 bits per heavy atom. The van der Waals surface area contributed by atoms with E-state index in [2.05, 4.69) is 53.4 Å². The van der Waals surface area contributed by atoms with E-state index in [1.807, 2.05) is 18.2 Å². The normalized spacial score (nSPS) is 11.1. The minimum Gasteiger partial charge on any atom is -0.493 e. The van der Waals surface area contributed by atoms with Crippen molar-refractivity contribution in [3.05, 3.63) is 65.5 Å². The number of thioether (sulfide) groups is 1. The predicted molar refractivity (Wildman–Crippen MR) is 117 cm³/mol. The molecule has 0 aliphatic carbocycles. The Balaban J connectivity index is 1.65. The molecule has 3 rings (SSSR count). The summed E-state index contributed by atoms with van der Waals surface area (Å²) in [5.74, 6) is 2.26. The fraction of sp³-hybridized carbons (Fsp3) is 0.318. The first-order valence-corrected chi connectivity index (χ1v) is 10.6. The number of hydrogen-bond acceptors (Lipinski definition) is 6. The van der Waals surface area contributed by atoms with Crippen LogP contribution in [0.4, 0.5) is 0 Å². The highest BCUT2D eigenvalue weighted by molar-refractivity contribution is 7.98. The summed E-state index contributed by atoms with van der Waals surface area (Å²) in [6.45, 7) is 4.90. The summed E-state index contributed by atoms with van der Waals surface area (Å²) in [5, 5.41) is 13.4. The van der Waals surface area contributed by atoms with Crippen molar-refractivity contribution in [2.45, 2.75) is 37.6 Å². The number of methoxy groups -OCH3 is 1. The molecule has 0 radical (unpaired) electrons. The second kappa shape index (κ2) is 10.7. The van der Waals surface area contributed by atoms with Crippen LogP contribution in [0.25, 0.3) is 0 Å². The van der Waals surface area contributed by atoms with Gasteiger partial charge < -0.3 is 9.47 Å². The number of nitrogens with zero attached hydrogens (tertiary/aromatic N) is 4. The molecule has 0 spiro atoms. The lowest BCUT2D eigenvalue weighted by atomic mass is 10.2. The maximum atomic E-state index is 5.78. The van der Waals surface area contributed by atoms with E-state index in [4.69, 9.17) is 9.47 Å². The highest BCUT2D eigenvalue weighted by Gasteiger charge is 2.07. The van der Waals surface area contributed by atoms with E-state index in [1.165, 1.54) is 11.1 Å². The Kier molecular flexibility index (Phi) is 7.69. The van der Waals surface area contributed by atoms with Crippen LogP contribution in [-0.2, 0) is 5.75 Å². The number of aryl methyl sites for hydroxylation is 1. The molecule has 0 aliphatic heterocycles. The zero-order valence-electron chi connectivity index (χ0n) is 17.0. The molecule has 0 bridgehead atoms. The third kappa shape index (κ3) is 6.09. The number of benzene rings is 2. The SMILES string of the molecule is CCCCOc1ccc(C=Nn2cnnc2SCc2ccc(C)cc2)cc1OC. The number of unbranched alkanes of at least 4 members (excludes halogenated alkanes) is 1. The van der Waals surface area contributed by atoms with Gasteiger partial charge in [0.2, 0.25) is 5.16 Å². The Morgan fingerprint density at radius 1 is 1.14 bits per heavy atom. The van der Waals surface area contributed by atoms with Gasteiger partial charge in [-0.25, -0.2) is 0 Å². The number of ether oxygens (including phenoxy) is 2. The molecule has 0 N–H and O–H groups in total. The minimum atomic E-state index is 0.683. The molecule has 1 aromatic heterocycles. The monoisotopic (exact) mass is 410 g/mol. The van der Waals surface area contributed by atoms with Crippen molar-refractivity contribution in [3.63, 3.8) is 0 Å². The van der Waals surface area contributed by atoms with Crippen molar-refractivity contribution in [1.29, 1.82) is 0 Å². The Bertz CT molecular complexity index is 938. The van der Waals surface area contributed by atoms with E-state index in [0.29, 0.717) is 12.4 Å². The van der Waals surface area contributed by atoms with Gasteiger partial charge in [-0.15, -0.1) is 10.2 Å². The summed E-state index contributed by atoms with van der Waals surface area (Å²) in [5.41, 5.74) is 3.40. The van der Waals surface area contributed by atoms with Gasteiger partial charge in [0.1, 0.15) is 6.33 Å². The summed E-state index contributed by atoms with van der Waals surface area (Å²) in [4.78, 5) is 0. The lowest BCUT2D eigenvalue weighted by molar-refractivity contribution is 0.288. The van der Waals surface area contributed by atoms with Crippen LogP contribution in [0.3, 0.4) is 0 Å². The quantitative estimate of drug-likeness (QED) is 0.269. The molecule has 0 unspecified atom stereocenters. The smallest absolute Gasteiger partial charge is 0.212 e. The Morgan fingerprint density at radius 2 is 1.97 bits per heavy atom. The van der Waals surface area contributed by atoms with Gasteiger partial charge in [-0.1, -0.05) is 54.9 Å². The predicted octanol–water partition coefficient (Wildman–Crippen LogP) is 4.95. The molecule has 2 aromatic carbocycles. The van der Waals surface area contributed by atoms with E-state index in [0.717, 1.165) is 35.1 Å². The topological polar surface area (TPSA) is 61.5 Å². The first-order chi connectivity index (χ1) is 14.2. The van der Waals surface area contributed by atoms with Gasteiger partial charge in [0.15, 0.2) is 11.5 Å². The lowest BCUT2D eigenvalue weighted by Gasteiger charge is -2.10. The van der Waals surface area contributed by atoms with Crippen molar-refractivity contribution < 1.29 is 9.47 Å². The largest absolute Gasteiger partial charge is 0.493 e. The van der Waals surface area contributed by atoms with Gasteiger partial charge in [0.25, 0.3) is 0 Å². The summed E-state index contributed by atoms with van der Waals surface area (Å²) in [7, 11) is 1.64. The average Bonchev–Trinajstić information content (AvgIpc) is 3.20. The summed E-state index contributed by atoms with van der Waals surface area (Å²) >= 11 is 1.60. The van der Waals surface area contributed by atoms with Crippen molar-refractivity contribution in [2.24, 2.45) is 5.10 Å². The number of rotatable bonds is 10. The number of hydrogen-bond donors (Lipinski definition) is 0. The molecule has 0 aliphatic rings. The van der Waals surface area contributed by atoms with Crippen LogP contribution >= 0.6 is 11.8 Å². The van der Waals surface area contributed by atoms with Crippen molar-refractivity contribution in [2.75, 3.05) is 13.7 Å². The van der Waals surface area contributed by atoms with Crippen LogP contribution < -0.4 is 9.47 Å². The van der Waals surface area contributed by atoms with E-state index < -0.39 is 0 Å². The van der Waals surface area contributed by atoms with Crippen LogP contribution in [0, 0.1) is 6.92 Å². The van der Waals surface area contributed by atoms with Crippen molar-refractivity contribution >= 4 is 18.0 Å². The van der Waals surface area contributed by atoms with E-state index in [9.17, 15) is 0 Å². The molecule has 0 saturated carbocycles. The van der Waals surface area contributed by atoms with Gasteiger partial charge in [-0.2, -0.15) is 9.78 Å². The summed E-state index contributed by atoms with van der Waals surface area (Å²) < 4.78 is 12.9. The van der Waals surface area contributed by atoms with Crippen LogP contribution in [0.1, 0.15) is 36.5 Å². The van der Waals surface area contributed by atoms with Gasteiger partial charge in [-0.05, 0) is 42.7 Å². The summed E-state index contributed by atoms with van der Waals surface area (Å²) in [6.07, 6.45) is 5.48. The van der Waals surface area contributed by atoms with Gasteiger partial charge in [-0.3, -0.25) is 0 Å². The van der Waals surface area contributed by atoms with Crippen molar-refractivity contribution in [1.82, 2.24) is 14.9 Å². The highest BCUT2D eigenvalue weighted by atomic mass is 32.2. The third-order valence-electron chi connectivity index (χ3n) is 4.26. The highest BCUT2D eigenvalue weighted by Crippen LogP contribution is 2.28. The lowest BCUT2D eigenvalue weighted by Crippen LogP contribution is -1.99. The maximum absolute atomic E-state index is 5.78. The second-order valence-electron chi connectivity index (χ2n) is 6.59. The van der Waals surface area contributed by atoms with Crippen LogP contribution in [0.2, 0.25) is 0 Å². The average molecular weight is 411 g/mol. The van der Waals surface area contributed by atoms with Crippen LogP contribution in [-0.4, -0.2) is 34.8 Å². The summed E-state index contributed by atoms with van der Waals surface area (Å²) in [6, 6.07) is 14.3. The van der Waals surface area contributed by atoms with Gasteiger partial charge in [0.05, 0.1) is 19.9 Å². The molecule has 6 nitrogen and oxygen atoms in total. The maximum Gasteiger partial charge on any atom is 0.212 e. The first-order valence-electron chi connectivity index (χ1n) is 9.63. The first kappa shape index (κ1) is 20.9. The minimum absolute atomic E-state index is 0.683. The van der Waals surface area contributed by atoms with Crippen LogP contribution in [0.15, 0.2) is 59.0 Å². The molecule has 7 heteroatoms. The standard InChI is InChI=1S/C22H26N4O2S/c1-4-5-12-28-20-11-10-19(13-21(20)27-3)14-24-26-16-23-25-22(26)29-15-18-8-6-17(2)7-9-18/h6-11,13-14,16H,4-5,12,15H2,1-3H3. The Hall–Kier alpha value is -2.80. The van der Waals surface area contributed by atoms with E-state index >= 15 is 0 Å². The third-order valence-corrected chi connectivity index (χ3v) is 5.27. The zero-order chi connectivity index (χ0) is 20.5. The number of aromatic nitrogens is 3. The second-order valence-corrected chi connectivity index (χ2v) is 7.53.